The highest BCUT2D eigenvalue weighted by Crippen LogP contribution is 2.18. The van der Waals surface area contributed by atoms with Gasteiger partial charge in [0.05, 0.1) is 6.54 Å². The van der Waals surface area contributed by atoms with E-state index in [2.05, 4.69) is 15.2 Å². The number of rotatable bonds is 3. The minimum Gasteiger partial charge on any atom is -0.439 e. The van der Waals surface area contributed by atoms with Crippen LogP contribution in [0.5, 0.6) is 0 Å². The number of hydrogen-bond donors (Lipinski definition) is 2. The van der Waals surface area contributed by atoms with Crippen molar-refractivity contribution < 1.29 is 4.42 Å². The first-order chi connectivity index (χ1) is 8.85. The van der Waals surface area contributed by atoms with Gasteiger partial charge >= 0.3 is 0 Å². The molecule has 2 heterocycles. The van der Waals surface area contributed by atoms with Crippen molar-refractivity contribution in [2.45, 2.75) is 13.1 Å². The Balaban J connectivity index is 1.79. The monoisotopic (exact) mass is 246 g/mol. The molecule has 0 aliphatic carbocycles. The van der Waals surface area contributed by atoms with E-state index in [1.807, 2.05) is 18.2 Å². The van der Waals surface area contributed by atoms with E-state index < -0.39 is 0 Å². The number of benzene rings is 1. The second kappa shape index (κ2) is 5.06. The van der Waals surface area contributed by atoms with Crippen LogP contribution in [0.1, 0.15) is 11.5 Å². The Hall–Kier alpha value is -1.43. The zero-order valence-corrected chi connectivity index (χ0v) is 10.4. The Kier molecular flexibility index (Phi) is 3.27. The molecule has 0 atom stereocenters. The second-order valence-electron chi connectivity index (χ2n) is 4.64. The first-order valence-corrected chi connectivity index (χ1v) is 6.36. The van der Waals surface area contributed by atoms with Crippen LogP contribution in [-0.2, 0) is 13.1 Å². The summed E-state index contributed by atoms with van der Waals surface area (Å²) < 4.78 is 5.76. The number of aromatic nitrogens is 1. The Morgan fingerprint density at radius 3 is 2.94 bits per heavy atom. The van der Waals surface area contributed by atoms with Crippen LogP contribution in [0, 0.1) is 0 Å². The minimum atomic E-state index is 0.538. The van der Waals surface area contributed by atoms with Gasteiger partial charge in [-0.25, -0.2) is 4.98 Å². The summed E-state index contributed by atoms with van der Waals surface area (Å²) in [5, 5.41) is 3.34. The molecule has 1 fully saturated rings. The summed E-state index contributed by atoms with van der Waals surface area (Å²) in [6.07, 6.45) is 0. The molecule has 3 rings (SSSR count). The van der Waals surface area contributed by atoms with Crippen LogP contribution in [-0.4, -0.2) is 36.1 Å². The highest BCUT2D eigenvalue weighted by Gasteiger charge is 2.13. The van der Waals surface area contributed by atoms with E-state index >= 15 is 0 Å². The predicted molar refractivity (Wildman–Crippen MR) is 70.0 cm³/mol. The number of nitrogens with one attached hydrogen (secondary N) is 1. The van der Waals surface area contributed by atoms with E-state index in [4.69, 9.17) is 10.2 Å². The number of oxazole rings is 1. The Bertz CT molecular complexity index is 531. The lowest BCUT2D eigenvalue weighted by Crippen LogP contribution is -2.42. The standard InChI is InChI=1S/C13H18N4O/c14-8-10-1-2-12-11(7-10)16-13(18-12)9-17-5-3-15-4-6-17/h1-2,7,15H,3-6,8-9,14H2. The summed E-state index contributed by atoms with van der Waals surface area (Å²) >= 11 is 0. The normalized spacial score (nSPS) is 17.4. The summed E-state index contributed by atoms with van der Waals surface area (Å²) in [4.78, 5) is 6.88. The lowest BCUT2D eigenvalue weighted by Gasteiger charge is -2.25. The molecule has 18 heavy (non-hydrogen) atoms. The molecule has 1 saturated heterocycles. The number of hydrogen-bond acceptors (Lipinski definition) is 5. The van der Waals surface area contributed by atoms with E-state index in [1.165, 1.54) is 0 Å². The number of nitrogens with two attached hydrogens (primary N) is 1. The number of fused-ring (bicyclic) bond motifs is 1. The van der Waals surface area contributed by atoms with E-state index in [-0.39, 0.29) is 0 Å². The van der Waals surface area contributed by atoms with Gasteiger partial charge in [-0.05, 0) is 17.7 Å². The van der Waals surface area contributed by atoms with Gasteiger partial charge in [0.15, 0.2) is 5.58 Å². The molecule has 0 spiro atoms. The van der Waals surface area contributed by atoms with Crippen LogP contribution < -0.4 is 11.1 Å². The third-order valence-corrected chi connectivity index (χ3v) is 3.30. The zero-order chi connectivity index (χ0) is 12.4. The molecule has 0 saturated carbocycles. The third kappa shape index (κ3) is 2.38. The molecular weight excluding hydrogens is 228 g/mol. The Morgan fingerprint density at radius 2 is 2.17 bits per heavy atom. The van der Waals surface area contributed by atoms with Crippen LogP contribution >= 0.6 is 0 Å². The predicted octanol–water partition coefficient (Wildman–Crippen LogP) is 0.692. The van der Waals surface area contributed by atoms with E-state index in [0.717, 1.165) is 55.3 Å². The molecule has 1 aliphatic heterocycles. The van der Waals surface area contributed by atoms with Crippen molar-refractivity contribution in [3.63, 3.8) is 0 Å². The van der Waals surface area contributed by atoms with Gasteiger partial charge in [-0.2, -0.15) is 0 Å². The SMILES string of the molecule is NCc1ccc2oc(CN3CCNCC3)nc2c1. The molecule has 0 bridgehead atoms. The average molecular weight is 246 g/mol. The van der Waals surface area contributed by atoms with E-state index in [0.29, 0.717) is 6.54 Å². The Morgan fingerprint density at radius 1 is 1.33 bits per heavy atom. The van der Waals surface area contributed by atoms with Crippen molar-refractivity contribution in [3.05, 3.63) is 29.7 Å². The fraction of sp³-hybridized carbons (Fsp3) is 0.462. The van der Waals surface area contributed by atoms with Crippen LogP contribution in [0.15, 0.2) is 22.6 Å². The first kappa shape index (κ1) is 11.6. The zero-order valence-electron chi connectivity index (χ0n) is 10.4. The van der Waals surface area contributed by atoms with Gasteiger partial charge in [0.2, 0.25) is 5.89 Å². The van der Waals surface area contributed by atoms with Gasteiger partial charge in [0, 0.05) is 32.7 Å². The average Bonchev–Trinajstić information content (AvgIpc) is 2.80. The van der Waals surface area contributed by atoms with Crippen LogP contribution in [0.4, 0.5) is 0 Å². The first-order valence-electron chi connectivity index (χ1n) is 6.36. The van der Waals surface area contributed by atoms with Crippen molar-refractivity contribution in [1.82, 2.24) is 15.2 Å². The van der Waals surface area contributed by atoms with Gasteiger partial charge in [0.25, 0.3) is 0 Å². The van der Waals surface area contributed by atoms with Crippen molar-refractivity contribution in [3.8, 4) is 0 Å². The summed E-state index contributed by atoms with van der Waals surface area (Å²) in [5.74, 6) is 0.793. The Labute approximate surface area is 106 Å². The third-order valence-electron chi connectivity index (χ3n) is 3.30. The van der Waals surface area contributed by atoms with Crippen molar-refractivity contribution in [2.24, 2.45) is 5.73 Å². The quantitative estimate of drug-likeness (QED) is 0.834. The largest absolute Gasteiger partial charge is 0.439 e. The molecule has 2 aromatic rings. The molecule has 1 aromatic heterocycles. The lowest BCUT2D eigenvalue weighted by molar-refractivity contribution is 0.214. The lowest BCUT2D eigenvalue weighted by atomic mass is 10.2. The summed E-state index contributed by atoms with van der Waals surface area (Å²) in [6.45, 7) is 5.50. The highest BCUT2D eigenvalue weighted by atomic mass is 16.3. The van der Waals surface area contributed by atoms with Gasteiger partial charge < -0.3 is 15.5 Å². The van der Waals surface area contributed by atoms with Gasteiger partial charge in [-0.3, -0.25) is 4.90 Å². The topological polar surface area (TPSA) is 67.3 Å². The molecular formula is C13H18N4O. The maximum absolute atomic E-state index is 5.76. The second-order valence-corrected chi connectivity index (χ2v) is 4.64. The van der Waals surface area contributed by atoms with Crippen LogP contribution in [0.3, 0.4) is 0 Å². The van der Waals surface area contributed by atoms with Gasteiger partial charge in [0.1, 0.15) is 5.52 Å². The molecule has 1 aromatic carbocycles. The maximum Gasteiger partial charge on any atom is 0.209 e. The summed E-state index contributed by atoms with van der Waals surface area (Å²) in [6, 6.07) is 5.94. The number of nitrogens with zero attached hydrogens (tertiary/aromatic N) is 2. The van der Waals surface area contributed by atoms with Gasteiger partial charge in [-0.1, -0.05) is 6.07 Å². The number of piperazine rings is 1. The summed E-state index contributed by atoms with van der Waals surface area (Å²) in [7, 11) is 0. The fourth-order valence-electron chi connectivity index (χ4n) is 2.28. The molecule has 1 aliphatic rings. The van der Waals surface area contributed by atoms with Crippen molar-refractivity contribution >= 4 is 11.1 Å². The molecule has 0 unspecified atom stereocenters. The molecule has 5 heteroatoms. The molecule has 0 radical (unpaired) electrons. The highest BCUT2D eigenvalue weighted by molar-refractivity contribution is 5.73. The smallest absolute Gasteiger partial charge is 0.209 e. The molecule has 96 valence electrons. The van der Waals surface area contributed by atoms with E-state index in [1.54, 1.807) is 0 Å². The summed E-state index contributed by atoms with van der Waals surface area (Å²) in [5.41, 5.74) is 8.46. The van der Waals surface area contributed by atoms with Crippen LogP contribution in [0.25, 0.3) is 11.1 Å². The van der Waals surface area contributed by atoms with Crippen molar-refractivity contribution in [2.75, 3.05) is 26.2 Å². The fourth-order valence-corrected chi connectivity index (χ4v) is 2.28. The molecule has 5 nitrogen and oxygen atoms in total. The molecule has 0 amide bonds. The van der Waals surface area contributed by atoms with E-state index in [9.17, 15) is 0 Å². The molecule has 3 N–H and O–H groups in total. The van der Waals surface area contributed by atoms with Gasteiger partial charge in [-0.15, -0.1) is 0 Å². The van der Waals surface area contributed by atoms with Crippen molar-refractivity contribution in [1.29, 1.82) is 0 Å². The maximum atomic E-state index is 5.76. The van der Waals surface area contributed by atoms with Crippen LogP contribution in [0.2, 0.25) is 0 Å². The minimum absolute atomic E-state index is 0.538.